The Morgan fingerprint density at radius 3 is 2.29 bits per heavy atom. The molecule has 5 nitrogen and oxygen atoms in total. The van der Waals surface area contributed by atoms with Gasteiger partial charge in [0.25, 0.3) is 0 Å². The van der Waals surface area contributed by atoms with Crippen LogP contribution in [-0.2, 0) is 0 Å². The maximum Gasteiger partial charge on any atom is 0.0963 e. The van der Waals surface area contributed by atoms with Crippen molar-refractivity contribution >= 4 is 5.84 Å². The fourth-order valence-electron chi connectivity index (χ4n) is 2.07. The summed E-state index contributed by atoms with van der Waals surface area (Å²) in [6.45, 7) is 5.99. The fourth-order valence-corrected chi connectivity index (χ4v) is 2.07. The van der Waals surface area contributed by atoms with Crippen molar-refractivity contribution in [1.82, 2.24) is 4.90 Å². The molecule has 2 atom stereocenters. The Balaban J connectivity index is 2.15. The van der Waals surface area contributed by atoms with Gasteiger partial charge in [-0.05, 0) is 19.4 Å². The maximum atomic E-state index is 9.39. The molecule has 5 heteroatoms. The second-order valence-corrected chi connectivity index (χ2v) is 5.65. The molecule has 1 fully saturated rings. The minimum absolute atomic E-state index is 0.218. The summed E-state index contributed by atoms with van der Waals surface area (Å²) in [5.74, 6) is 0.240. The van der Waals surface area contributed by atoms with E-state index in [1.165, 1.54) is 0 Å². The molecule has 0 spiro atoms. The van der Waals surface area contributed by atoms with Crippen LogP contribution in [-0.4, -0.2) is 52.8 Å². The standard InChI is InChI=1S/C12H25N3O2/c1-12(2,11(13)14)5-3-4-6-15-7-9(16)10(17)8-15/h9-10,16-17H,3-8H2,1-2H3,(H3,13,14). The SMILES string of the molecule is CC(C)(CCCCN1CC(O)C(O)C1)C(=N)N. The minimum atomic E-state index is -0.594. The Hall–Kier alpha value is -0.650. The third-order valence-corrected chi connectivity index (χ3v) is 3.59. The number of nitrogens with zero attached hydrogens (tertiary/aromatic N) is 1. The number of nitrogens with one attached hydrogen (secondary N) is 1. The van der Waals surface area contributed by atoms with Crippen LogP contribution in [0.1, 0.15) is 33.1 Å². The van der Waals surface area contributed by atoms with E-state index < -0.39 is 12.2 Å². The molecular formula is C12H25N3O2. The van der Waals surface area contributed by atoms with E-state index in [9.17, 15) is 10.2 Å². The Morgan fingerprint density at radius 1 is 1.29 bits per heavy atom. The van der Waals surface area contributed by atoms with Crippen molar-refractivity contribution in [2.45, 2.75) is 45.3 Å². The Kier molecular flexibility index (Phi) is 4.91. The summed E-state index contributed by atoms with van der Waals surface area (Å²) in [6, 6.07) is 0. The van der Waals surface area contributed by atoms with Crippen LogP contribution < -0.4 is 5.73 Å². The van der Waals surface area contributed by atoms with Crippen LogP contribution in [0.3, 0.4) is 0 Å². The Morgan fingerprint density at radius 2 is 1.82 bits per heavy atom. The van der Waals surface area contributed by atoms with Crippen molar-refractivity contribution in [1.29, 1.82) is 5.41 Å². The van der Waals surface area contributed by atoms with Gasteiger partial charge in [-0.15, -0.1) is 0 Å². The van der Waals surface area contributed by atoms with E-state index in [4.69, 9.17) is 11.1 Å². The first kappa shape index (κ1) is 14.4. The molecule has 100 valence electrons. The number of rotatable bonds is 6. The third kappa shape index (κ3) is 4.26. The van der Waals surface area contributed by atoms with Gasteiger partial charge < -0.3 is 15.9 Å². The van der Waals surface area contributed by atoms with Crippen LogP contribution in [0, 0.1) is 10.8 Å². The molecular weight excluding hydrogens is 218 g/mol. The topological polar surface area (TPSA) is 93.6 Å². The van der Waals surface area contributed by atoms with Crippen LogP contribution in [0.15, 0.2) is 0 Å². The van der Waals surface area contributed by atoms with E-state index >= 15 is 0 Å². The molecule has 2 unspecified atom stereocenters. The van der Waals surface area contributed by atoms with Gasteiger partial charge >= 0.3 is 0 Å². The fraction of sp³-hybridized carbons (Fsp3) is 0.917. The van der Waals surface area contributed by atoms with Crippen LogP contribution >= 0.6 is 0 Å². The quantitative estimate of drug-likeness (QED) is 0.304. The summed E-state index contributed by atoms with van der Waals surface area (Å²) in [7, 11) is 0. The summed E-state index contributed by atoms with van der Waals surface area (Å²) < 4.78 is 0. The molecule has 1 rings (SSSR count). The second kappa shape index (κ2) is 5.80. The molecule has 1 aliphatic heterocycles. The zero-order valence-electron chi connectivity index (χ0n) is 10.8. The highest BCUT2D eigenvalue weighted by Gasteiger charge is 2.29. The molecule has 1 heterocycles. The monoisotopic (exact) mass is 243 g/mol. The molecule has 0 saturated carbocycles. The molecule has 0 aromatic rings. The van der Waals surface area contributed by atoms with Gasteiger partial charge in [0.2, 0.25) is 0 Å². The number of aliphatic hydroxyl groups excluding tert-OH is 2. The van der Waals surface area contributed by atoms with E-state index in [0.29, 0.717) is 13.1 Å². The van der Waals surface area contributed by atoms with E-state index in [0.717, 1.165) is 25.8 Å². The molecule has 0 aromatic carbocycles. The predicted octanol–water partition coefficient (Wildman–Crippen LogP) is 0.156. The lowest BCUT2D eigenvalue weighted by atomic mass is 9.86. The summed E-state index contributed by atoms with van der Waals surface area (Å²) >= 11 is 0. The van der Waals surface area contributed by atoms with E-state index in [1.807, 2.05) is 13.8 Å². The molecule has 5 N–H and O–H groups in total. The van der Waals surface area contributed by atoms with Crippen LogP contribution in [0.2, 0.25) is 0 Å². The Bertz CT molecular complexity index is 258. The summed E-state index contributed by atoms with van der Waals surface area (Å²) in [5.41, 5.74) is 5.30. The third-order valence-electron chi connectivity index (χ3n) is 3.59. The van der Waals surface area contributed by atoms with Gasteiger partial charge in [-0.2, -0.15) is 0 Å². The average Bonchev–Trinajstić information content (AvgIpc) is 2.53. The van der Waals surface area contributed by atoms with Crippen molar-refractivity contribution < 1.29 is 10.2 Å². The van der Waals surface area contributed by atoms with Crippen molar-refractivity contribution in [2.24, 2.45) is 11.1 Å². The maximum absolute atomic E-state index is 9.39. The largest absolute Gasteiger partial charge is 0.389 e. The molecule has 1 saturated heterocycles. The van der Waals surface area contributed by atoms with Crippen molar-refractivity contribution in [3.05, 3.63) is 0 Å². The minimum Gasteiger partial charge on any atom is -0.389 e. The highest BCUT2D eigenvalue weighted by atomic mass is 16.3. The van der Waals surface area contributed by atoms with E-state index in [-0.39, 0.29) is 11.3 Å². The van der Waals surface area contributed by atoms with Crippen LogP contribution in [0.4, 0.5) is 0 Å². The smallest absolute Gasteiger partial charge is 0.0963 e. The van der Waals surface area contributed by atoms with Gasteiger partial charge in [-0.25, -0.2) is 0 Å². The summed E-state index contributed by atoms with van der Waals surface area (Å²) in [6.07, 6.45) is 1.74. The van der Waals surface area contributed by atoms with E-state index in [2.05, 4.69) is 4.90 Å². The second-order valence-electron chi connectivity index (χ2n) is 5.65. The van der Waals surface area contributed by atoms with Gasteiger partial charge in [0.05, 0.1) is 18.0 Å². The van der Waals surface area contributed by atoms with Crippen LogP contribution in [0.25, 0.3) is 0 Å². The van der Waals surface area contributed by atoms with Crippen molar-refractivity contribution in [2.75, 3.05) is 19.6 Å². The number of aliphatic hydroxyl groups is 2. The summed E-state index contributed by atoms with van der Waals surface area (Å²) in [5, 5.41) is 26.2. The van der Waals surface area contributed by atoms with Gasteiger partial charge in [0.1, 0.15) is 0 Å². The lowest BCUT2D eigenvalue weighted by Gasteiger charge is -2.23. The first-order valence-electron chi connectivity index (χ1n) is 6.26. The lowest BCUT2D eigenvalue weighted by molar-refractivity contribution is 0.0572. The number of hydrogen-bond donors (Lipinski definition) is 4. The van der Waals surface area contributed by atoms with Gasteiger partial charge in [0, 0.05) is 18.5 Å². The molecule has 0 aliphatic carbocycles. The number of unbranched alkanes of at least 4 members (excludes halogenated alkanes) is 1. The van der Waals surface area contributed by atoms with Crippen molar-refractivity contribution in [3.63, 3.8) is 0 Å². The number of likely N-dealkylation sites (tertiary alicyclic amines) is 1. The van der Waals surface area contributed by atoms with Gasteiger partial charge in [-0.3, -0.25) is 10.3 Å². The van der Waals surface area contributed by atoms with Gasteiger partial charge in [0.15, 0.2) is 0 Å². The molecule has 0 radical (unpaired) electrons. The van der Waals surface area contributed by atoms with Crippen molar-refractivity contribution in [3.8, 4) is 0 Å². The normalized spacial score (nSPS) is 26.4. The summed E-state index contributed by atoms with van der Waals surface area (Å²) in [4.78, 5) is 2.08. The lowest BCUT2D eigenvalue weighted by Crippen LogP contribution is -2.31. The number of amidine groups is 1. The van der Waals surface area contributed by atoms with E-state index in [1.54, 1.807) is 0 Å². The Labute approximate surface area is 103 Å². The highest BCUT2D eigenvalue weighted by Crippen LogP contribution is 2.23. The first-order valence-corrected chi connectivity index (χ1v) is 6.26. The molecule has 17 heavy (non-hydrogen) atoms. The number of nitrogens with two attached hydrogens (primary N) is 1. The first-order chi connectivity index (χ1) is 7.83. The molecule has 0 amide bonds. The zero-order chi connectivity index (χ0) is 13.1. The van der Waals surface area contributed by atoms with Crippen LogP contribution in [0.5, 0.6) is 0 Å². The van der Waals surface area contributed by atoms with Gasteiger partial charge in [-0.1, -0.05) is 20.3 Å². The molecule has 1 aliphatic rings. The average molecular weight is 243 g/mol. The number of β-amino-alcohol motifs (C(OH)–C–C–N with tert-alkyl or cyclic N) is 2. The zero-order valence-corrected chi connectivity index (χ0v) is 10.8. The molecule has 0 bridgehead atoms. The number of hydrogen-bond acceptors (Lipinski definition) is 4. The molecule has 0 aromatic heterocycles. The predicted molar refractivity (Wildman–Crippen MR) is 68.0 cm³/mol. The highest BCUT2D eigenvalue weighted by molar-refractivity contribution is 5.82.